The van der Waals surface area contributed by atoms with Crippen LogP contribution >= 0.6 is 11.6 Å². The van der Waals surface area contributed by atoms with Gasteiger partial charge in [0, 0.05) is 6.04 Å². The van der Waals surface area contributed by atoms with E-state index in [1.165, 1.54) is 18.4 Å². The molecule has 2 aromatic rings. The molecular formula is C21H25ClN2O. The van der Waals surface area contributed by atoms with Gasteiger partial charge in [0.25, 0.3) is 0 Å². The van der Waals surface area contributed by atoms with E-state index >= 15 is 0 Å². The van der Waals surface area contributed by atoms with Gasteiger partial charge in [0.05, 0.1) is 16.8 Å². The van der Waals surface area contributed by atoms with E-state index in [0.717, 1.165) is 11.1 Å². The van der Waals surface area contributed by atoms with Crippen molar-refractivity contribution in [3.63, 3.8) is 0 Å². The van der Waals surface area contributed by atoms with Gasteiger partial charge in [-0.25, -0.2) is 0 Å². The summed E-state index contributed by atoms with van der Waals surface area (Å²) in [6.45, 7) is 5.86. The van der Waals surface area contributed by atoms with E-state index in [2.05, 4.69) is 22.8 Å². The minimum Gasteiger partial charge on any atom is -0.323 e. The number of rotatable bonds is 6. The Morgan fingerprint density at radius 1 is 1.16 bits per heavy atom. The lowest BCUT2D eigenvalue weighted by Crippen LogP contribution is -2.41. The Labute approximate surface area is 154 Å². The number of halogens is 1. The van der Waals surface area contributed by atoms with Crippen LogP contribution in [0.5, 0.6) is 0 Å². The van der Waals surface area contributed by atoms with Crippen molar-refractivity contribution in [1.29, 1.82) is 0 Å². The van der Waals surface area contributed by atoms with Crippen LogP contribution in [-0.2, 0) is 4.79 Å². The van der Waals surface area contributed by atoms with Gasteiger partial charge >= 0.3 is 0 Å². The summed E-state index contributed by atoms with van der Waals surface area (Å²) in [6, 6.07) is 14.2. The van der Waals surface area contributed by atoms with E-state index in [1.54, 1.807) is 0 Å². The first-order valence-corrected chi connectivity index (χ1v) is 9.22. The Morgan fingerprint density at radius 2 is 1.84 bits per heavy atom. The maximum absolute atomic E-state index is 12.7. The molecule has 1 aliphatic carbocycles. The van der Waals surface area contributed by atoms with Crippen LogP contribution in [0.15, 0.2) is 42.5 Å². The van der Waals surface area contributed by atoms with Crippen molar-refractivity contribution in [1.82, 2.24) is 5.32 Å². The minimum atomic E-state index is -0.303. The van der Waals surface area contributed by atoms with Crippen molar-refractivity contribution in [3.05, 3.63) is 64.2 Å². The number of carbonyl (C=O) groups excluding carboxylic acids is 1. The van der Waals surface area contributed by atoms with Crippen molar-refractivity contribution in [2.45, 2.75) is 45.7 Å². The third kappa shape index (κ3) is 4.42. The molecule has 0 spiro atoms. The van der Waals surface area contributed by atoms with Crippen molar-refractivity contribution >= 4 is 23.2 Å². The molecule has 25 heavy (non-hydrogen) atoms. The van der Waals surface area contributed by atoms with Gasteiger partial charge < -0.3 is 5.32 Å². The number of nitrogens with one attached hydrogen (secondary N) is 2. The number of benzene rings is 2. The van der Waals surface area contributed by atoms with E-state index in [0.29, 0.717) is 16.6 Å². The van der Waals surface area contributed by atoms with Crippen molar-refractivity contribution in [2.75, 3.05) is 5.32 Å². The number of aryl methyl sites for hydroxylation is 2. The normalized spacial score (nSPS) is 16.3. The van der Waals surface area contributed by atoms with Crippen molar-refractivity contribution in [2.24, 2.45) is 5.92 Å². The Hall–Kier alpha value is -1.84. The smallest absolute Gasteiger partial charge is 0.241 e. The summed E-state index contributed by atoms with van der Waals surface area (Å²) in [6.07, 6.45) is 2.42. The monoisotopic (exact) mass is 356 g/mol. The summed E-state index contributed by atoms with van der Waals surface area (Å²) in [5.74, 6) is 0.554. The zero-order valence-electron chi connectivity index (χ0n) is 15.0. The molecule has 0 saturated heterocycles. The summed E-state index contributed by atoms with van der Waals surface area (Å²) >= 11 is 6.31. The summed E-state index contributed by atoms with van der Waals surface area (Å²) in [5, 5.41) is 7.08. The third-order valence-electron chi connectivity index (χ3n) is 4.75. The Kier molecular flexibility index (Phi) is 5.45. The largest absolute Gasteiger partial charge is 0.323 e. The second kappa shape index (κ2) is 7.59. The van der Waals surface area contributed by atoms with Crippen LogP contribution in [0.25, 0.3) is 0 Å². The first kappa shape index (κ1) is 18.0. The van der Waals surface area contributed by atoms with Gasteiger partial charge in [-0.1, -0.05) is 48.0 Å². The number of hydrogen-bond donors (Lipinski definition) is 2. The SMILES string of the molecule is Cc1cc(C)c(NC(=O)C(C)NC(c2ccccc2)C2CC2)c(Cl)c1. The van der Waals surface area contributed by atoms with Gasteiger partial charge in [0.2, 0.25) is 5.91 Å². The molecule has 0 heterocycles. The van der Waals surface area contributed by atoms with Crippen molar-refractivity contribution < 1.29 is 4.79 Å². The third-order valence-corrected chi connectivity index (χ3v) is 5.05. The highest BCUT2D eigenvalue weighted by Crippen LogP contribution is 2.41. The Morgan fingerprint density at radius 3 is 2.44 bits per heavy atom. The maximum Gasteiger partial charge on any atom is 0.241 e. The molecule has 0 bridgehead atoms. The Balaban J connectivity index is 1.70. The second-order valence-corrected chi connectivity index (χ2v) is 7.45. The predicted octanol–water partition coefficient (Wildman–Crippen LogP) is 5.02. The van der Waals surface area contributed by atoms with Crippen LogP contribution < -0.4 is 10.6 Å². The lowest BCUT2D eigenvalue weighted by molar-refractivity contribution is -0.118. The second-order valence-electron chi connectivity index (χ2n) is 7.04. The van der Waals surface area contributed by atoms with Crippen LogP contribution in [0.2, 0.25) is 5.02 Å². The Bertz CT molecular complexity index is 733. The lowest BCUT2D eigenvalue weighted by atomic mass is 10.0. The molecule has 1 saturated carbocycles. The van der Waals surface area contributed by atoms with Gasteiger partial charge in [0.15, 0.2) is 0 Å². The van der Waals surface area contributed by atoms with Crippen LogP contribution in [0, 0.1) is 19.8 Å². The van der Waals surface area contributed by atoms with E-state index in [4.69, 9.17) is 11.6 Å². The minimum absolute atomic E-state index is 0.0598. The van der Waals surface area contributed by atoms with Gasteiger partial charge in [-0.05, 0) is 62.3 Å². The van der Waals surface area contributed by atoms with Crippen molar-refractivity contribution in [3.8, 4) is 0 Å². The first-order valence-electron chi connectivity index (χ1n) is 8.84. The summed E-state index contributed by atoms with van der Waals surface area (Å²) < 4.78 is 0. The average Bonchev–Trinajstić information content (AvgIpc) is 3.41. The first-order chi connectivity index (χ1) is 12.0. The molecule has 132 valence electrons. The summed E-state index contributed by atoms with van der Waals surface area (Å²) in [5.41, 5.74) is 4.01. The summed E-state index contributed by atoms with van der Waals surface area (Å²) in [4.78, 5) is 12.7. The van der Waals surface area contributed by atoms with Crippen LogP contribution in [0.4, 0.5) is 5.69 Å². The van der Waals surface area contributed by atoms with Gasteiger partial charge in [0.1, 0.15) is 0 Å². The molecule has 2 atom stereocenters. The average molecular weight is 357 g/mol. The fourth-order valence-electron chi connectivity index (χ4n) is 3.24. The van der Waals surface area contributed by atoms with E-state index in [1.807, 2.05) is 51.1 Å². The van der Waals surface area contributed by atoms with E-state index in [9.17, 15) is 4.79 Å². The molecule has 1 fully saturated rings. The number of anilines is 1. The molecule has 2 unspecified atom stereocenters. The molecule has 4 heteroatoms. The molecule has 3 rings (SSSR count). The van der Waals surface area contributed by atoms with Crippen LogP contribution in [-0.4, -0.2) is 11.9 Å². The predicted molar refractivity (Wildman–Crippen MR) is 104 cm³/mol. The molecule has 2 aromatic carbocycles. The number of carbonyl (C=O) groups is 1. The standard InChI is InChI=1S/C21H25ClN2O/c1-13-11-14(2)19(18(22)12-13)24-21(25)15(3)23-20(17-9-10-17)16-7-5-4-6-8-16/h4-8,11-12,15,17,20,23H,9-10H2,1-3H3,(H,24,25). The van der Waals surface area contributed by atoms with Gasteiger partial charge in [-0.15, -0.1) is 0 Å². The molecule has 3 nitrogen and oxygen atoms in total. The highest BCUT2D eigenvalue weighted by molar-refractivity contribution is 6.34. The lowest BCUT2D eigenvalue weighted by Gasteiger charge is -2.24. The molecule has 0 aromatic heterocycles. The molecule has 0 aliphatic heterocycles. The molecule has 1 amide bonds. The van der Waals surface area contributed by atoms with Crippen LogP contribution in [0.1, 0.15) is 42.5 Å². The van der Waals surface area contributed by atoms with Gasteiger partial charge in [-0.2, -0.15) is 0 Å². The molecular weight excluding hydrogens is 332 g/mol. The topological polar surface area (TPSA) is 41.1 Å². The van der Waals surface area contributed by atoms with Gasteiger partial charge in [-0.3, -0.25) is 10.1 Å². The summed E-state index contributed by atoms with van der Waals surface area (Å²) in [7, 11) is 0. The maximum atomic E-state index is 12.7. The highest BCUT2D eigenvalue weighted by atomic mass is 35.5. The number of amides is 1. The molecule has 2 N–H and O–H groups in total. The van der Waals surface area contributed by atoms with E-state index in [-0.39, 0.29) is 18.0 Å². The van der Waals surface area contributed by atoms with Crippen LogP contribution in [0.3, 0.4) is 0 Å². The van der Waals surface area contributed by atoms with E-state index < -0.39 is 0 Å². The fourth-order valence-corrected chi connectivity index (χ4v) is 3.61. The zero-order valence-corrected chi connectivity index (χ0v) is 15.7. The quantitative estimate of drug-likeness (QED) is 0.762. The zero-order chi connectivity index (χ0) is 18.0. The molecule has 0 radical (unpaired) electrons. The molecule has 1 aliphatic rings. The fraction of sp³-hybridized carbons (Fsp3) is 0.381. The number of hydrogen-bond acceptors (Lipinski definition) is 2. The highest BCUT2D eigenvalue weighted by Gasteiger charge is 2.34.